The van der Waals surface area contributed by atoms with Crippen LogP contribution in [-0.4, -0.2) is 115 Å². The van der Waals surface area contributed by atoms with Gasteiger partial charge in [0, 0.05) is 33.4 Å². The molecule has 0 unspecified atom stereocenters. The molecule has 0 rings (SSSR count). The van der Waals surface area contributed by atoms with E-state index in [2.05, 4.69) is 39.5 Å². The average Bonchev–Trinajstić information content (AvgIpc) is 2.09. The van der Waals surface area contributed by atoms with Crippen LogP contribution in [-0.2, 0) is 93.5 Å². The van der Waals surface area contributed by atoms with Gasteiger partial charge in [0.25, 0.3) is 0 Å². The first-order valence-electron chi connectivity index (χ1n) is 35.0. The second-order valence-corrected chi connectivity index (χ2v) is 27.5. The molecule has 0 aliphatic rings. The third-order valence-corrected chi connectivity index (χ3v) is 17.2. The minimum absolute atomic E-state index is 0.227. The van der Waals surface area contributed by atoms with Gasteiger partial charge in [-0.1, -0.05) is 174 Å². The van der Waals surface area contributed by atoms with Crippen LogP contribution in [0.1, 0.15) is 273 Å². The van der Waals surface area contributed by atoms with Gasteiger partial charge >= 0.3 is 51.5 Å². The zero-order valence-corrected chi connectivity index (χ0v) is 61.0. The third kappa shape index (κ3) is 61.1. The van der Waals surface area contributed by atoms with Crippen molar-refractivity contribution in [2.24, 2.45) is 0 Å². The maximum atomic E-state index is 13.5. The lowest BCUT2D eigenvalue weighted by molar-refractivity contribution is -0.139. The van der Waals surface area contributed by atoms with Crippen molar-refractivity contribution in [1.29, 1.82) is 0 Å². The van der Waals surface area contributed by atoms with E-state index in [0.717, 1.165) is 212 Å². The Kier molecular flexibility index (Phi) is 61.6. The van der Waals surface area contributed by atoms with Crippen molar-refractivity contribution in [3.05, 3.63) is 72.9 Å². The molecule has 0 heterocycles. The topological polar surface area (TPSA) is 247 Å². The van der Waals surface area contributed by atoms with Crippen LogP contribution in [0.4, 0.5) is 0 Å². The van der Waals surface area contributed by atoms with E-state index >= 15 is 0 Å². The van der Waals surface area contributed by atoms with Crippen molar-refractivity contribution in [2.45, 2.75) is 273 Å². The van der Waals surface area contributed by atoms with Gasteiger partial charge in [-0.05, 0) is 138 Å². The molecule has 94 heavy (non-hydrogen) atoms. The zero-order chi connectivity index (χ0) is 70.4. The number of carbonyl (C=O) groups is 6. The van der Waals surface area contributed by atoms with Crippen molar-refractivity contribution in [3.8, 4) is 0 Å². The van der Waals surface area contributed by atoms with Gasteiger partial charge in [-0.2, -0.15) is 0 Å². The third-order valence-electron chi connectivity index (χ3n) is 14.2. The highest BCUT2D eigenvalue weighted by molar-refractivity contribution is 7.48. The van der Waals surface area contributed by atoms with Crippen LogP contribution >= 0.6 is 15.6 Å². The van der Waals surface area contributed by atoms with E-state index in [1.807, 2.05) is 0 Å². The molecule has 0 bridgehead atoms. The molecule has 544 valence electrons. The summed E-state index contributed by atoms with van der Waals surface area (Å²) >= 11 is 0. The SMILES string of the molecule is C=C(C)C(=O)OCCCCCCCCCCOP(=O)(OCCCCCCCCCCOC(=O)C(=C)C)OCCCCCCCCCCOC(=O)C(=C)C.C=C(C)C(=O)OCCCCCCOP(=O)(OCCCCCCOC(=O)C(=C)C)OCCCCCCOC(=O)C(=C)C. The number of unbranched alkanes of at least 4 members (excludes halogenated alkanes) is 30. The van der Waals surface area contributed by atoms with Gasteiger partial charge in [-0.15, -0.1) is 0 Å². The molecule has 0 aromatic heterocycles. The van der Waals surface area contributed by atoms with Gasteiger partial charge < -0.3 is 28.4 Å². The van der Waals surface area contributed by atoms with Crippen molar-refractivity contribution >= 4 is 51.5 Å². The van der Waals surface area contributed by atoms with Crippen molar-refractivity contribution in [1.82, 2.24) is 0 Å². The Morgan fingerprint density at radius 3 is 0.394 bits per heavy atom. The van der Waals surface area contributed by atoms with Crippen LogP contribution in [0.15, 0.2) is 72.9 Å². The van der Waals surface area contributed by atoms with Crippen LogP contribution in [0.5, 0.6) is 0 Å². The number of hydrogen-bond acceptors (Lipinski definition) is 20. The zero-order valence-electron chi connectivity index (χ0n) is 59.2. The van der Waals surface area contributed by atoms with Crippen molar-refractivity contribution in [3.63, 3.8) is 0 Å². The molecule has 0 saturated carbocycles. The molecule has 0 aliphatic heterocycles. The number of rotatable bonds is 66. The fraction of sp³-hybridized carbons (Fsp3) is 0.750. The normalized spacial score (nSPS) is 11.2. The van der Waals surface area contributed by atoms with E-state index in [-0.39, 0.29) is 55.6 Å². The number of hydrogen-bond donors (Lipinski definition) is 0. The molecule has 0 atom stereocenters. The van der Waals surface area contributed by atoms with Gasteiger partial charge in [0.1, 0.15) is 0 Å². The minimum atomic E-state index is -3.71. The lowest BCUT2D eigenvalue weighted by Gasteiger charge is -2.18. The Balaban J connectivity index is 0. The van der Waals surface area contributed by atoms with Crippen LogP contribution < -0.4 is 0 Å². The number of phosphoric ester groups is 2. The molecule has 0 saturated heterocycles. The molecule has 0 spiro atoms. The maximum absolute atomic E-state index is 13.5. The fourth-order valence-electron chi connectivity index (χ4n) is 8.48. The summed E-state index contributed by atoms with van der Waals surface area (Å²) in [5.41, 5.74) is 2.43. The molecule has 20 nitrogen and oxygen atoms in total. The molecule has 0 aromatic carbocycles. The number of carbonyl (C=O) groups excluding carboxylic acids is 6. The first-order chi connectivity index (χ1) is 45.0. The molecule has 0 radical (unpaired) electrons. The predicted molar refractivity (Wildman–Crippen MR) is 372 cm³/mol. The quantitative estimate of drug-likeness (QED) is 0.0180. The first-order valence-corrected chi connectivity index (χ1v) is 37.9. The van der Waals surface area contributed by atoms with E-state index in [4.69, 9.17) is 55.6 Å². The molecular weight excluding hydrogens is 1250 g/mol. The van der Waals surface area contributed by atoms with Crippen LogP contribution in [0.3, 0.4) is 0 Å². The number of ether oxygens (including phenoxy) is 6. The second kappa shape index (κ2) is 63.2. The Morgan fingerprint density at radius 1 is 0.191 bits per heavy atom. The number of esters is 6. The Hall–Kier alpha value is -4.52. The fourth-order valence-corrected chi connectivity index (χ4v) is 11.0. The highest BCUT2D eigenvalue weighted by Gasteiger charge is 2.27. The summed E-state index contributed by atoms with van der Waals surface area (Å²) in [6.07, 6.45) is 33.7. The summed E-state index contributed by atoms with van der Waals surface area (Å²) in [6, 6.07) is 0. The van der Waals surface area contributed by atoms with Gasteiger partial charge in [-0.3, -0.25) is 27.1 Å². The minimum Gasteiger partial charge on any atom is -0.462 e. The molecule has 0 aromatic rings. The molecule has 0 amide bonds. The molecule has 22 heteroatoms. The highest BCUT2D eigenvalue weighted by atomic mass is 31.2. The molecule has 0 fully saturated rings. The van der Waals surface area contributed by atoms with Gasteiger partial charge in [0.2, 0.25) is 0 Å². The van der Waals surface area contributed by atoms with Crippen LogP contribution in [0, 0.1) is 0 Å². The van der Waals surface area contributed by atoms with E-state index < -0.39 is 15.6 Å². The summed E-state index contributed by atoms with van der Waals surface area (Å²) in [6.45, 7) is 35.3. The highest BCUT2D eigenvalue weighted by Crippen LogP contribution is 2.51. The summed E-state index contributed by atoms with van der Waals surface area (Å²) in [4.78, 5) is 68.4. The molecule has 0 aliphatic carbocycles. The van der Waals surface area contributed by atoms with Gasteiger partial charge in [0.15, 0.2) is 0 Å². The van der Waals surface area contributed by atoms with Crippen LogP contribution in [0.2, 0.25) is 0 Å². The Bertz CT molecular complexity index is 1990. The summed E-state index contributed by atoms with van der Waals surface area (Å²) in [5, 5.41) is 0. The summed E-state index contributed by atoms with van der Waals surface area (Å²) < 4.78 is 91.3. The Labute approximate surface area is 567 Å². The summed E-state index contributed by atoms with van der Waals surface area (Å²) in [7, 11) is -7.33. The molecular formula is C72H126O20P2. The monoisotopic (exact) mass is 1370 g/mol. The van der Waals surface area contributed by atoms with E-state index in [0.29, 0.717) is 112 Å². The number of phosphoric acid groups is 2. The van der Waals surface area contributed by atoms with Gasteiger partial charge in [0.05, 0.1) is 79.3 Å². The standard InChI is InChI=1S/C42H75O10P.C30H51O10P/c1-37(2)40(43)47-31-25-19-13-7-10-16-22-28-34-50-53(46,51-35-29-23-17-11-8-14-20-26-32-48-41(44)38(3)4)52-36-30-24-18-12-9-15-21-27-33-49-42(45)39(5)6;1-25(2)28(31)35-19-13-7-10-16-22-38-41(34,39-23-17-11-8-14-20-36-29(32)26(3)4)40-24-18-12-9-15-21-37-30(33)27(5)6/h1,3,5,7-36H2,2,4,6H3;1,3,5,7-24H2,2,4,6H3. The average molecular weight is 1370 g/mol. The van der Waals surface area contributed by atoms with Gasteiger partial charge in [-0.25, -0.2) is 37.9 Å². The van der Waals surface area contributed by atoms with E-state index in [9.17, 15) is 37.9 Å². The first kappa shape index (κ1) is 91.5. The lowest BCUT2D eigenvalue weighted by Crippen LogP contribution is -2.07. The summed E-state index contributed by atoms with van der Waals surface area (Å²) in [5.74, 6) is -2.12. The molecule has 0 N–H and O–H groups in total. The van der Waals surface area contributed by atoms with E-state index in [1.165, 1.54) is 0 Å². The van der Waals surface area contributed by atoms with E-state index in [1.54, 1.807) is 41.5 Å². The smallest absolute Gasteiger partial charge is 0.462 e. The predicted octanol–water partition coefficient (Wildman–Crippen LogP) is 19.0. The van der Waals surface area contributed by atoms with Crippen LogP contribution in [0.25, 0.3) is 0 Å². The maximum Gasteiger partial charge on any atom is 0.474 e. The van der Waals surface area contributed by atoms with Crippen molar-refractivity contribution in [2.75, 3.05) is 79.3 Å². The Morgan fingerprint density at radius 2 is 0.287 bits per heavy atom. The lowest BCUT2D eigenvalue weighted by atomic mass is 10.1. The second-order valence-electron chi connectivity index (χ2n) is 24.1. The largest absolute Gasteiger partial charge is 0.474 e. The van der Waals surface area contributed by atoms with Crippen molar-refractivity contribution < 1.29 is 93.5 Å².